The van der Waals surface area contributed by atoms with Crippen molar-refractivity contribution < 1.29 is 0 Å². The number of rotatable bonds is 2. The van der Waals surface area contributed by atoms with Crippen LogP contribution in [0.2, 0.25) is 0 Å². The Morgan fingerprint density at radius 1 is 1.41 bits per heavy atom. The summed E-state index contributed by atoms with van der Waals surface area (Å²) in [6.07, 6.45) is 2.44. The van der Waals surface area contributed by atoms with Crippen LogP contribution in [-0.4, -0.2) is 38.0 Å². The summed E-state index contributed by atoms with van der Waals surface area (Å²) >= 11 is 0. The molecule has 2 rings (SSSR count). The monoisotopic (exact) mass is 231 g/mol. The molecule has 0 aliphatic carbocycles. The van der Waals surface area contributed by atoms with Crippen molar-refractivity contribution in [1.82, 2.24) is 10.2 Å². The maximum atomic E-state index is 4.26. The zero-order valence-corrected chi connectivity index (χ0v) is 10.7. The molecule has 1 aliphatic heterocycles. The smallest absolute Gasteiger partial charge is 0.193 e. The molecule has 0 amide bonds. The fourth-order valence-corrected chi connectivity index (χ4v) is 2.55. The highest BCUT2D eigenvalue weighted by atomic mass is 15.3. The first-order valence-corrected chi connectivity index (χ1v) is 6.27. The number of aliphatic imine (C=N–C) groups is 1. The molecule has 0 saturated carbocycles. The van der Waals surface area contributed by atoms with Crippen molar-refractivity contribution in [2.24, 2.45) is 10.9 Å². The third kappa shape index (κ3) is 2.99. The summed E-state index contributed by atoms with van der Waals surface area (Å²) in [6, 6.07) is 10.8. The van der Waals surface area contributed by atoms with Crippen LogP contribution >= 0.6 is 0 Å². The van der Waals surface area contributed by atoms with Gasteiger partial charge in [0.25, 0.3) is 0 Å². The maximum absolute atomic E-state index is 4.26. The van der Waals surface area contributed by atoms with Gasteiger partial charge >= 0.3 is 0 Å². The van der Waals surface area contributed by atoms with Crippen LogP contribution in [0.4, 0.5) is 0 Å². The summed E-state index contributed by atoms with van der Waals surface area (Å²) in [4.78, 5) is 6.60. The van der Waals surface area contributed by atoms with Crippen molar-refractivity contribution in [2.45, 2.75) is 12.8 Å². The number of benzene rings is 1. The first kappa shape index (κ1) is 12.0. The molecule has 1 fully saturated rings. The molecule has 1 aromatic carbocycles. The molecule has 3 heteroatoms. The van der Waals surface area contributed by atoms with E-state index in [1.165, 1.54) is 18.4 Å². The molecule has 1 atom stereocenters. The van der Waals surface area contributed by atoms with Gasteiger partial charge in [-0.25, -0.2) is 0 Å². The fraction of sp³-hybridized carbons (Fsp3) is 0.500. The van der Waals surface area contributed by atoms with Crippen LogP contribution in [0.1, 0.15) is 12.0 Å². The molecule has 1 aromatic rings. The molecule has 92 valence electrons. The summed E-state index contributed by atoms with van der Waals surface area (Å²) in [5.74, 6) is 1.77. The molecule has 17 heavy (non-hydrogen) atoms. The van der Waals surface area contributed by atoms with E-state index >= 15 is 0 Å². The van der Waals surface area contributed by atoms with E-state index in [1.54, 1.807) is 0 Å². The Kier molecular flexibility index (Phi) is 4.02. The Labute approximate surface area is 104 Å². The van der Waals surface area contributed by atoms with E-state index in [9.17, 15) is 0 Å². The van der Waals surface area contributed by atoms with E-state index in [2.05, 4.69) is 45.5 Å². The molecule has 0 radical (unpaired) electrons. The zero-order valence-electron chi connectivity index (χ0n) is 10.7. The van der Waals surface area contributed by atoms with Gasteiger partial charge in [-0.1, -0.05) is 30.3 Å². The van der Waals surface area contributed by atoms with Crippen molar-refractivity contribution in [3.8, 4) is 0 Å². The van der Waals surface area contributed by atoms with E-state index in [4.69, 9.17) is 0 Å². The average molecular weight is 231 g/mol. The fourth-order valence-electron chi connectivity index (χ4n) is 2.55. The molecule has 1 heterocycles. The van der Waals surface area contributed by atoms with Crippen LogP contribution in [0.15, 0.2) is 35.3 Å². The first-order valence-electron chi connectivity index (χ1n) is 6.27. The van der Waals surface area contributed by atoms with E-state index in [1.807, 2.05) is 14.1 Å². The van der Waals surface area contributed by atoms with Crippen molar-refractivity contribution in [3.63, 3.8) is 0 Å². The largest absolute Gasteiger partial charge is 0.359 e. The highest BCUT2D eigenvalue weighted by molar-refractivity contribution is 5.79. The Balaban J connectivity index is 1.90. The van der Waals surface area contributed by atoms with Gasteiger partial charge in [-0.3, -0.25) is 4.99 Å². The Morgan fingerprint density at radius 3 is 2.82 bits per heavy atom. The van der Waals surface area contributed by atoms with Crippen LogP contribution in [0, 0.1) is 5.92 Å². The molecule has 0 aromatic heterocycles. The summed E-state index contributed by atoms with van der Waals surface area (Å²) in [6.45, 7) is 2.23. The predicted molar refractivity (Wildman–Crippen MR) is 72.2 cm³/mol. The molecule has 1 aliphatic rings. The summed E-state index contributed by atoms with van der Waals surface area (Å²) in [7, 11) is 3.78. The second kappa shape index (κ2) is 5.71. The second-order valence-electron chi connectivity index (χ2n) is 4.59. The van der Waals surface area contributed by atoms with Gasteiger partial charge < -0.3 is 10.2 Å². The lowest BCUT2D eigenvalue weighted by Crippen LogP contribution is -2.38. The highest BCUT2D eigenvalue weighted by Gasteiger charge is 2.24. The van der Waals surface area contributed by atoms with Crippen LogP contribution in [0.5, 0.6) is 0 Å². The van der Waals surface area contributed by atoms with Gasteiger partial charge in [-0.15, -0.1) is 0 Å². The highest BCUT2D eigenvalue weighted by Crippen LogP contribution is 2.20. The number of nitrogens with zero attached hydrogens (tertiary/aromatic N) is 2. The van der Waals surface area contributed by atoms with Crippen molar-refractivity contribution in [2.75, 3.05) is 27.2 Å². The van der Waals surface area contributed by atoms with Crippen LogP contribution in [0.3, 0.4) is 0 Å². The minimum atomic E-state index is 0.752. The van der Waals surface area contributed by atoms with Crippen molar-refractivity contribution in [3.05, 3.63) is 35.9 Å². The minimum Gasteiger partial charge on any atom is -0.359 e. The van der Waals surface area contributed by atoms with Crippen LogP contribution in [-0.2, 0) is 6.42 Å². The third-order valence-electron chi connectivity index (χ3n) is 3.39. The molecular formula is C14H21N3. The first-order chi connectivity index (χ1) is 8.33. The minimum absolute atomic E-state index is 0.752. The molecule has 0 bridgehead atoms. The third-order valence-corrected chi connectivity index (χ3v) is 3.39. The maximum Gasteiger partial charge on any atom is 0.193 e. The summed E-state index contributed by atoms with van der Waals surface area (Å²) < 4.78 is 0. The Morgan fingerprint density at radius 2 is 2.18 bits per heavy atom. The number of hydrogen-bond donors (Lipinski definition) is 1. The van der Waals surface area contributed by atoms with Gasteiger partial charge in [0.1, 0.15) is 0 Å². The summed E-state index contributed by atoms with van der Waals surface area (Å²) in [5.41, 5.74) is 1.44. The van der Waals surface area contributed by atoms with Gasteiger partial charge in [0.2, 0.25) is 0 Å². The predicted octanol–water partition coefficient (Wildman–Crippen LogP) is 1.76. The van der Waals surface area contributed by atoms with E-state index in [-0.39, 0.29) is 0 Å². The Bertz CT molecular complexity index is 372. The lowest BCUT2D eigenvalue weighted by Gasteiger charge is -2.19. The normalized spacial score (nSPS) is 20.7. The quantitative estimate of drug-likeness (QED) is 0.620. The number of hydrogen-bond acceptors (Lipinski definition) is 1. The number of nitrogens with one attached hydrogen (secondary N) is 1. The van der Waals surface area contributed by atoms with Gasteiger partial charge in [-0.05, 0) is 24.3 Å². The lowest BCUT2D eigenvalue weighted by atomic mass is 9.99. The van der Waals surface area contributed by atoms with Crippen molar-refractivity contribution in [1.29, 1.82) is 0 Å². The van der Waals surface area contributed by atoms with Crippen LogP contribution < -0.4 is 5.32 Å². The van der Waals surface area contributed by atoms with Gasteiger partial charge in [0, 0.05) is 27.2 Å². The molecular weight excluding hydrogens is 210 g/mol. The second-order valence-corrected chi connectivity index (χ2v) is 4.59. The van der Waals surface area contributed by atoms with E-state index in [0.717, 1.165) is 25.0 Å². The lowest BCUT2D eigenvalue weighted by molar-refractivity contribution is 0.464. The molecule has 0 spiro atoms. The topological polar surface area (TPSA) is 27.6 Å². The molecule has 3 nitrogen and oxygen atoms in total. The van der Waals surface area contributed by atoms with E-state index in [0.29, 0.717) is 0 Å². The number of guanidine groups is 1. The SMILES string of the molecule is CN=C(NC)N1CCC(Cc2ccccc2)C1. The molecule has 1 N–H and O–H groups in total. The summed E-state index contributed by atoms with van der Waals surface area (Å²) in [5, 5.41) is 3.15. The number of likely N-dealkylation sites (tertiary alicyclic amines) is 1. The average Bonchev–Trinajstić information content (AvgIpc) is 2.81. The zero-order chi connectivity index (χ0) is 12.1. The van der Waals surface area contributed by atoms with Gasteiger partial charge in [0.05, 0.1) is 0 Å². The van der Waals surface area contributed by atoms with Crippen LogP contribution in [0.25, 0.3) is 0 Å². The van der Waals surface area contributed by atoms with E-state index < -0.39 is 0 Å². The van der Waals surface area contributed by atoms with Crippen molar-refractivity contribution >= 4 is 5.96 Å². The molecule has 1 unspecified atom stereocenters. The van der Waals surface area contributed by atoms with Gasteiger partial charge in [0.15, 0.2) is 5.96 Å². The Hall–Kier alpha value is -1.51. The molecule has 1 saturated heterocycles. The standard InChI is InChI=1S/C14H21N3/c1-15-14(16-2)17-9-8-13(11-17)10-12-6-4-3-5-7-12/h3-7,13H,8-11H2,1-2H3,(H,15,16). The van der Waals surface area contributed by atoms with Gasteiger partial charge in [-0.2, -0.15) is 0 Å².